The lowest BCUT2D eigenvalue weighted by Gasteiger charge is -2.19. The number of thiazole rings is 1. The molecule has 6 nitrogen and oxygen atoms in total. The molecule has 1 aromatic rings. The highest BCUT2D eigenvalue weighted by molar-refractivity contribution is 7.15. The number of nitrogens with zero attached hydrogens (tertiary/aromatic N) is 2. The predicted octanol–water partition coefficient (Wildman–Crippen LogP) is 3.13. The lowest BCUT2D eigenvalue weighted by molar-refractivity contribution is -0.146. The zero-order valence-electron chi connectivity index (χ0n) is 13.4. The van der Waals surface area contributed by atoms with Gasteiger partial charge in [0.15, 0.2) is 5.13 Å². The lowest BCUT2D eigenvalue weighted by Crippen LogP contribution is -2.37. The van der Waals surface area contributed by atoms with Crippen LogP contribution in [0.3, 0.4) is 0 Å². The molecule has 0 saturated carbocycles. The molecular weight excluding hydrogens is 314 g/mol. The number of anilines is 1. The minimum Gasteiger partial charge on any atom is -0.481 e. The first kappa shape index (κ1) is 16.2. The molecule has 1 atom stereocenters. The summed E-state index contributed by atoms with van der Waals surface area (Å²) in [5, 5.41) is 12.8. The Bertz CT molecular complexity index is 590. The van der Waals surface area contributed by atoms with Crippen LogP contribution in [0.2, 0.25) is 0 Å². The Kier molecular flexibility index (Phi) is 4.57. The molecule has 0 spiro atoms. The molecule has 1 aliphatic heterocycles. The molecule has 2 amide bonds. The van der Waals surface area contributed by atoms with Crippen molar-refractivity contribution in [1.29, 1.82) is 0 Å². The van der Waals surface area contributed by atoms with Crippen molar-refractivity contribution in [3.8, 4) is 0 Å². The Morgan fingerprint density at radius 1 is 1.26 bits per heavy atom. The highest BCUT2D eigenvalue weighted by Crippen LogP contribution is 2.32. The van der Waals surface area contributed by atoms with Crippen molar-refractivity contribution >= 4 is 28.5 Å². The Morgan fingerprint density at radius 3 is 2.70 bits per heavy atom. The Hall–Kier alpha value is -1.63. The van der Waals surface area contributed by atoms with Gasteiger partial charge in [0, 0.05) is 18.0 Å². The number of carbonyl (C=O) groups is 2. The summed E-state index contributed by atoms with van der Waals surface area (Å²) in [6.07, 6.45) is 7.38. The fourth-order valence-corrected chi connectivity index (χ4v) is 4.28. The number of nitrogens with one attached hydrogen (secondary N) is 1. The van der Waals surface area contributed by atoms with Gasteiger partial charge < -0.3 is 10.0 Å². The predicted molar refractivity (Wildman–Crippen MR) is 88.9 cm³/mol. The van der Waals surface area contributed by atoms with E-state index in [2.05, 4.69) is 10.3 Å². The van der Waals surface area contributed by atoms with E-state index in [9.17, 15) is 14.7 Å². The van der Waals surface area contributed by atoms with Crippen LogP contribution >= 0.6 is 11.3 Å². The molecule has 7 heteroatoms. The number of amides is 2. The first-order valence-electron chi connectivity index (χ1n) is 8.26. The fourth-order valence-electron chi connectivity index (χ4n) is 3.24. The van der Waals surface area contributed by atoms with Gasteiger partial charge in [-0.05, 0) is 39.0 Å². The average molecular weight is 337 g/mol. The topological polar surface area (TPSA) is 82.5 Å². The first-order valence-corrected chi connectivity index (χ1v) is 9.07. The maximum atomic E-state index is 12.4. The second-order valence-corrected chi connectivity index (χ2v) is 7.85. The lowest BCUT2D eigenvalue weighted by atomic mass is 9.90. The molecule has 3 rings (SSSR count). The number of urea groups is 1. The van der Waals surface area contributed by atoms with E-state index < -0.39 is 11.4 Å². The fraction of sp³-hybridized carbons (Fsp3) is 0.688. The SMILES string of the molecule is CC1(C(=O)O)CCN(C(=O)Nc2nc3c(s2)CCCCCC3)C1. The molecule has 1 saturated heterocycles. The number of hydrogen-bond acceptors (Lipinski definition) is 4. The number of aryl methyl sites for hydroxylation is 2. The minimum absolute atomic E-state index is 0.239. The van der Waals surface area contributed by atoms with Crippen molar-refractivity contribution in [2.75, 3.05) is 18.4 Å². The van der Waals surface area contributed by atoms with E-state index in [0.29, 0.717) is 18.1 Å². The number of aromatic nitrogens is 1. The number of aliphatic carboxylic acids is 1. The standard InChI is InChI=1S/C16H23N3O3S/c1-16(13(20)21)8-9-19(10-16)15(22)18-14-17-11-6-4-2-3-5-7-12(11)23-14/h2-10H2,1H3,(H,20,21)(H,17,18,22). The monoisotopic (exact) mass is 337 g/mol. The van der Waals surface area contributed by atoms with Crippen molar-refractivity contribution in [2.45, 2.75) is 51.9 Å². The van der Waals surface area contributed by atoms with E-state index in [1.165, 1.54) is 24.1 Å². The van der Waals surface area contributed by atoms with Crippen molar-refractivity contribution in [2.24, 2.45) is 5.41 Å². The Labute approximate surface area is 139 Å². The third-order valence-electron chi connectivity index (χ3n) is 4.84. The first-order chi connectivity index (χ1) is 11.0. The Morgan fingerprint density at radius 2 is 2.00 bits per heavy atom. The van der Waals surface area contributed by atoms with Crippen LogP contribution in [-0.2, 0) is 17.6 Å². The zero-order valence-corrected chi connectivity index (χ0v) is 14.2. The zero-order chi connectivity index (χ0) is 16.4. The van der Waals surface area contributed by atoms with Crippen molar-refractivity contribution in [3.05, 3.63) is 10.6 Å². The van der Waals surface area contributed by atoms with Crippen LogP contribution in [0.4, 0.5) is 9.93 Å². The molecule has 0 radical (unpaired) electrons. The summed E-state index contributed by atoms with van der Waals surface area (Å²) >= 11 is 1.57. The normalized spacial score (nSPS) is 24.7. The van der Waals surface area contributed by atoms with E-state index in [-0.39, 0.29) is 12.6 Å². The van der Waals surface area contributed by atoms with Gasteiger partial charge in [0.05, 0.1) is 11.1 Å². The molecule has 1 unspecified atom stereocenters. The van der Waals surface area contributed by atoms with Gasteiger partial charge in [-0.25, -0.2) is 9.78 Å². The van der Waals surface area contributed by atoms with Gasteiger partial charge in [0.2, 0.25) is 0 Å². The molecule has 1 fully saturated rings. The number of hydrogen-bond donors (Lipinski definition) is 2. The van der Waals surface area contributed by atoms with Crippen LogP contribution in [0, 0.1) is 5.41 Å². The van der Waals surface area contributed by atoms with Gasteiger partial charge in [0.25, 0.3) is 0 Å². The molecule has 2 N–H and O–H groups in total. The van der Waals surface area contributed by atoms with Crippen molar-refractivity contribution in [3.63, 3.8) is 0 Å². The number of likely N-dealkylation sites (tertiary alicyclic amines) is 1. The highest BCUT2D eigenvalue weighted by atomic mass is 32.1. The van der Waals surface area contributed by atoms with E-state index >= 15 is 0 Å². The number of fused-ring (bicyclic) bond motifs is 1. The summed E-state index contributed by atoms with van der Waals surface area (Å²) in [6.45, 7) is 2.41. The molecule has 1 aliphatic carbocycles. The molecule has 0 bridgehead atoms. The van der Waals surface area contributed by atoms with Crippen LogP contribution in [0.15, 0.2) is 0 Å². The molecule has 2 aliphatic rings. The van der Waals surface area contributed by atoms with E-state index in [1.807, 2.05) is 0 Å². The number of carbonyl (C=O) groups excluding carboxylic acids is 1. The second kappa shape index (κ2) is 6.47. The summed E-state index contributed by atoms with van der Waals surface area (Å²) in [4.78, 5) is 31.1. The quantitative estimate of drug-likeness (QED) is 0.868. The third kappa shape index (κ3) is 3.49. The maximum absolute atomic E-state index is 12.4. The van der Waals surface area contributed by atoms with Gasteiger partial charge in [-0.2, -0.15) is 0 Å². The van der Waals surface area contributed by atoms with Crippen LogP contribution in [0.5, 0.6) is 0 Å². The summed E-state index contributed by atoms with van der Waals surface area (Å²) in [6, 6.07) is -0.239. The summed E-state index contributed by atoms with van der Waals surface area (Å²) in [7, 11) is 0. The molecule has 0 aromatic carbocycles. The van der Waals surface area contributed by atoms with Crippen LogP contribution in [0.25, 0.3) is 0 Å². The van der Waals surface area contributed by atoms with Crippen LogP contribution in [0.1, 0.15) is 49.6 Å². The van der Waals surface area contributed by atoms with Gasteiger partial charge in [-0.3, -0.25) is 10.1 Å². The number of rotatable bonds is 2. The van der Waals surface area contributed by atoms with E-state index in [0.717, 1.165) is 25.0 Å². The van der Waals surface area contributed by atoms with E-state index in [1.54, 1.807) is 23.2 Å². The molecule has 23 heavy (non-hydrogen) atoms. The van der Waals surface area contributed by atoms with Gasteiger partial charge in [-0.15, -0.1) is 11.3 Å². The third-order valence-corrected chi connectivity index (χ3v) is 5.91. The maximum Gasteiger partial charge on any atom is 0.323 e. The summed E-state index contributed by atoms with van der Waals surface area (Å²) in [5.74, 6) is -0.843. The minimum atomic E-state index is -0.843. The van der Waals surface area contributed by atoms with Gasteiger partial charge >= 0.3 is 12.0 Å². The molecule has 2 heterocycles. The highest BCUT2D eigenvalue weighted by Gasteiger charge is 2.42. The molecular formula is C16H23N3O3S. The molecule has 126 valence electrons. The van der Waals surface area contributed by atoms with E-state index in [4.69, 9.17) is 0 Å². The largest absolute Gasteiger partial charge is 0.481 e. The van der Waals surface area contributed by atoms with Gasteiger partial charge in [-0.1, -0.05) is 12.8 Å². The average Bonchev–Trinajstić information content (AvgIpc) is 3.04. The number of carboxylic acid groups (broad SMARTS) is 1. The summed E-state index contributed by atoms with van der Waals surface area (Å²) < 4.78 is 0. The summed E-state index contributed by atoms with van der Waals surface area (Å²) in [5.41, 5.74) is 0.289. The molecule has 1 aromatic heterocycles. The van der Waals surface area contributed by atoms with Gasteiger partial charge in [0.1, 0.15) is 0 Å². The van der Waals surface area contributed by atoms with Crippen molar-refractivity contribution < 1.29 is 14.7 Å². The van der Waals surface area contributed by atoms with Crippen molar-refractivity contribution in [1.82, 2.24) is 9.88 Å². The number of carboxylic acids is 1. The van der Waals surface area contributed by atoms with Crippen LogP contribution in [-0.4, -0.2) is 40.1 Å². The van der Waals surface area contributed by atoms with Crippen LogP contribution < -0.4 is 5.32 Å². The smallest absolute Gasteiger partial charge is 0.323 e. The Balaban J connectivity index is 1.64. The second-order valence-electron chi connectivity index (χ2n) is 6.77.